The molecule has 0 radical (unpaired) electrons. The third-order valence-electron chi connectivity index (χ3n) is 3.27. The Bertz CT molecular complexity index is 364. The van der Waals surface area contributed by atoms with Crippen LogP contribution in [0.1, 0.15) is 31.4 Å². The van der Waals surface area contributed by atoms with Crippen molar-refractivity contribution in [3.05, 3.63) is 35.9 Å². The van der Waals surface area contributed by atoms with Crippen LogP contribution in [-0.2, 0) is 4.79 Å². The second-order valence-electron chi connectivity index (χ2n) is 4.42. The molecule has 0 bridgehead atoms. The predicted octanol–water partition coefficient (Wildman–Crippen LogP) is 1.96. The van der Waals surface area contributed by atoms with Crippen LogP contribution in [0, 0.1) is 0 Å². The van der Waals surface area contributed by atoms with E-state index in [0.29, 0.717) is 6.42 Å². The molecule has 1 fully saturated rings. The molecule has 1 amide bonds. The van der Waals surface area contributed by atoms with Gasteiger partial charge in [-0.15, -0.1) is 0 Å². The molecular weight excluding hydrogens is 212 g/mol. The van der Waals surface area contributed by atoms with Crippen LogP contribution in [0.5, 0.6) is 0 Å². The highest BCUT2D eigenvalue weighted by molar-refractivity contribution is 5.76. The van der Waals surface area contributed by atoms with Gasteiger partial charge in [-0.05, 0) is 18.5 Å². The van der Waals surface area contributed by atoms with Crippen LogP contribution in [0.25, 0.3) is 0 Å². The van der Waals surface area contributed by atoms with E-state index >= 15 is 0 Å². The van der Waals surface area contributed by atoms with Gasteiger partial charge in [0.15, 0.2) is 0 Å². The van der Waals surface area contributed by atoms with Crippen LogP contribution in [-0.4, -0.2) is 30.4 Å². The maximum Gasteiger partial charge on any atom is 0.222 e. The van der Waals surface area contributed by atoms with Crippen molar-refractivity contribution in [3.8, 4) is 0 Å². The average molecular weight is 232 g/mol. The first-order chi connectivity index (χ1) is 8.33. The summed E-state index contributed by atoms with van der Waals surface area (Å²) in [5.41, 5.74) is 1.23. The van der Waals surface area contributed by atoms with Gasteiger partial charge in [-0.1, -0.05) is 37.3 Å². The largest absolute Gasteiger partial charge is 0.334 e. The summed E-state index contributed by atoms with van der Waals surface area (Å²) in [4.78, 5) is 14.0. The molecule has 1 atom stereocenters. The third kappa shape index (κ3) is 2.86. The SMILES string of the molecule is CCC(=O)N1CCCNCC1c1ccccc1. The van der Waals surface area contributed by atoms with Crippen molar-refractivity contribution in [2.45, 2.75) is 25.8 Å². The van der Waals surface area contributed by atoms with Crippen molar-refractivity contribution in [2.75, 3.05) is 19.6 Å². The Morgan fingerprint density at radius 3 is 2.88 bits per heavy atom. The molecule has 17 heavy (non-hydrogen) atoms. The molecule has 1 heterocycles. The normalized spacial score (nSPS) is 21.0. The number of hydrogen-bond acceptors (Lipinski definition) is 2. The van der Waals surface area contributed by atoms with Gasteiger partial charge in [-0.25, -0.2) is 0 Å². The third-order valence-corrected chi connectivity index (χ3v) is 3.27. The number of hydrogen-bond donors (Lipinski definition) is 1. The van der Waals surface area contributed by atoms with E-state index in [1.54, 1.807) is 0 Å². The van der Waals surface area contributed by atoms with Crippen LogP contribution in [0.15, 0.2) is 30.3 Å². The molecule has 1 aromatic rings. The van der Waals surface area contributed by atoms with Crippen molar-refractivity contribution in [2.24, 2.45) is 0 Å². The van der Waals surface area contributed by atoms with E-state index in [0.717, 1.165) is 26.1 Å². The number of rotatable bonds is 2. The minimum absolute atomic E-state index is 0.186. The Morgan fingerprint density at radius 2 is 2.18 bits per heavy atom. The average Bonchev–Trinajstić information content (AvgIpc) is 2.64. The first-order valence-corrected chi connectivity index (χ1v) is 6.38. The highest BCUT2D eigenvalue weighted by Crippen LogP contribution is 2.22. The second-order valence-corrected chi connectivity index (χ2v) is 4.42. The lowest BCUT2D eigenvalue weighted by atomic mass is 10.1. The highest BCUT2D eigenvalue weighted by atomic mass is 16.2. The van der Waals surface area contributed by atoms with Gasteiger partial charge in [-0.3, -0.25) is 4.79 Å². The zero-order valence-electron chi connectivity index (χ0n) is 10.4. The molecule has 1 aliphatic rings. The summed E-state index contributed by atoms with van der Waals surface area (Å²) in [6.07, 6.45) is 1.62. The van der Waals surface area contributed by atoms with Crippen LogP contribution in [0.4, 0.5) is 0 Å². The molecule has 0 saturated carbocycles. The minimum atomic E-state index is 0.186. The quantitative estimate of drug-likeness (QED) is 0.845. The molecule has 92 valence electrons. The fraction of sp³-hybridized carbons (Fsp3) is 0.500. The predicted molar refractivity (Wildman–Crippen MR) is 68.7 cm³/mol. The molecule has 1 unspecified atom stereocenters. The van der Waals surface area contributed by atoms with Crippen molar-refractivity contribution in [1.82, 2.24) is 10.2 Å². The first-order valence-electron chi connectivity index (χ1n) is 6.38. The minimum Gasteiger partial charge on any atom is -0.334 e. The summed E-state index contributed by atoms with van der Waals surface area (Å²) in [5.74, 6) is 0.252. The van der Waals surface area contributed by atoms with E-state index in [-0.39, 0.29) is 11.9 Å². The topological polar surface area (TPSA) is 32.3 Å². The lowest BCUT2D eigenvalue weighted by Crippen LogP contribution is -2.37. The Morgan fingerprint density at radius 1 is 1.41 bits per heavy atom. The Balaban J connectivity index is 2.23. The van der Waals surface area contributed by atoms with Crippen molar-refractivity contribution in [1.29, 1.82) is 0 Å². The van der Waals surface area contributed by atoms with E-state index < -0.39 is 0 Å². The zero-order chi connectivity index (χ0) is 12.1. The molecule has 0 spiro atoms. The van der Waals surface area contributed by atoms with E-state index in [4.69, 9.17) is 0 Å². The number of carbonyl (C=O) groups excluding carboxylic acids is 1. The van der Waals surface area contributed by atoms with Gasteiger partial charge >= 0.3 is 0 Å². The van der Waals surface area contributed by atoms with Gasteiger partial charge in [-0.2, -0.15) is 0 Å². The maximum atomic E-state index is 12.0. The first kappa shape index (κ1) is 12.1. The molecule has 1 saturated heterocycles. The van der Waals surface area contributed by atoms with Crippen LogP contribution in [0.3, 0.4) is 0 Å². The molecule has 0 aromatic heterocycles. The summed E-state index contributed by atoms with van der Waals surface area (Å²) >= 11 is 0. The molecule has 3 heteroatoms. The second kappa shape index (κ2) is 5.82. The lowest BCUT2D eigenvalue weighted by molar-refractivity contribution is -0.133. The summed E-state index contributed by atoms with van der Waals surface area (Å²) in [7, 11) is 0. The number of amides is 1. The molecule has 3 nitrogen and oxygen atoms in total. The van der Waals surface area contributed by atoms with Gasteiger partial charge in [0.1, 0.15) is 0 Å². The molecule has 0 aliphatic carbocycles. The number of carbonyl (C=O) groups is 1. The summed E-state index contributed by atoms with van der Waals surface area (Å²) in [5, 5.41) is 3.41. The number of benzene rings is 1. The van der Waals surface area contributed by atoms with E-state index in [1.165, 1.54) is 5.56 Å². The highest BCUT2D eigenvalue weighted by Gasteiger charge is 2.25. The molecule has 2 rings (SSSR count). The van der Waals surface area contributed by atoms with E-state index in [9.17, 15) is 4.79 Å². The maximum absolute atomic E-state index is 12.0. The van der Waals surface area contributed by atoms with Crippen LogP contribution in [0.2, 0.25) is 0 Å². The van der Waals surface area contributed by atoms with Gasteiger partial charge < -0.3 is 10.2 Å². The summed E-state index contributed by atoms with van der Waals surface area (Å²) in [6, 6.07) is 10.5. The standard InChI is InChI=1S/C14H20N2O/c1-2-14(17)16-10-6-9-15-11-13(16)12-7-4-3-5-8-12/h3-5,7-8,13,15H,2,6,9-11H2,1H3. The summed E-state index contributed by atoms with van der Waals surface area (Å²) in [6.45, 7) is 4.65. The zero-order valence-corrected chi connectivity index (χ0v) is 10.4. The molecular formula is C14H20N2O. The molecule has 1 N–H and O–H groups in total. The van der Waals surface area contributed by atoms with Gasteiger partial charge in [0.05, 0.1) is 6.04 Å². The Kier molecular flexibility index (Phi) is 4.15. The van der Waals surface area contributed by atoms with Gasteiger partial charge in [0, 0.05) is 19.5 Å². The van der Waals surface area contributed by atoms with E-state index in [2.05, 4.69) is 17.4 Å². The van der Waals surface area contributed by atoms with Gasteiger partial charge in [0.2, 0.25) is 5.91 Å². The smallest absolute Gasteiger partial charge is 0.222 e. The van der Waals surface area contributed by atoms with Crippen molar-refractivity contribution in [3.63, 3.8) is 0 Å². The summed E-state index contributed by atoms with van der Waals surface area (Å²) < 4.78 is 0. The fourth-order valence-corrected chi connectivity index (χ4v) is 2.35. The fourth-order valence-electron chi connectivity index (χ4n) is 2.35. The van der Waals surface area contributed by atoms with Crippen molar-refractivity contribution < 1.29 is 4.79 Å². The van der Waals surface area contributed by atoms with Gasteiger partial charge in [0.25, 0.3) is 0 Å². The van der Waals surface area contributed by atoms with Crippen LogP contribution >= 0.6 is 0 Å². The number of nitrogens with one attached hydrogen (secondary N) is 1. The van der Waals surface area contributed by atoms with E-state index in [1.807, 2.05) is 30.0 Å². The number of nitrogens with zero attached hydrogens (tertiary/aromatic N) is 1. The van der Waals surface area contributed by atoms with Crippen molar-refractivity contribution >= 4 is 5.91 Å². The molecule has 1 aliphatic heterocycles. The Hall–Kier alpha value is -1.35. The van der Waals surface area contributed by atoms with Crippen LogP contribution < -0.4 is 5.32 Å². The molecule has 1 aromatic carbocycles. The lowest BCUT2D eigenvalue weighted by Gasteiger charge is -2.30. The Labute approximate surface area is 103 Å². The monoisotopic (exact) mass is 232 g/mol.